The van der Waals surface area contributed by atoms with Crippen LogP contribution in [-0.4, -0.2) is 41.3 Å². The molecule has 0 aromatic rings. The smallest absolute Gasteiger partial charge is 0.407 e. The van der Waals surface area contributed by atoms with Crippen molar-refractivity contribution in [2.24, 2.45) is 5.92 Å². The van der Waals surface area contributed by atoms with Gasteiger partial charge in [-0.05, 0) is 59.0 Å². The van der Waals surface area contributed by atoms with E-state index in [9.17, 15) is 4.79 Å². The first-order valence-corrected chi connectivity index (χ1v) is 6.12. The van der Waals surface area contributed by atoms with Crippen molar-refractivity contribution < 1.29 is 9.90 Å². The lowest BCUT2D eigenvalue weighted by atomic mass is 9.93. The molecule has 0 aliphatic carbocycles. The van der Waals surface area contributed by atoms with Crippen molar-refractivity contribution in [2.75, 3.05) is 19.6 Å². The van der Waals surface area contributed by atoms with Crippen molar-refractivity contribution in [3.05, 3.63) is 0 Å². The van der Waals surface area contributed by atoms with Crippen LogP contribution in [0.25, 0.3) is 0 Å². The number of carbonyl (C=O) groups is 1. The van der Waals surface area contributed by atoms with E-state index < -0.39 is 6.09 Å². The first-order chi connectivity index (χ1) is 7.41. The van der Waals surface area contributed by atoms with E-state index in [0.717, 1.165) is 19.5 Å². The van der Waals surface area contributed by atoms with Gasteiger partial charge >= 0.3 is 6.09 Å². The molecule has 0 bridgehead atoms. The van der Waals surface area contributed by atoms with E-state index in [1.54, 1.807) is 4.90 Å². The van der Waals surface area contributed by atoms with Gasteiger partial charge in [0.1, 0.15) is 0 Å². The lowest BCUT2D eigenvalue weighted by molar-refractivity contribution is 0.0945. The molecule has 1 aliphatic heterocycles. The van der Waals surface area contributed by atoms with Crippen molar-refractivity contribution in [1.29, 1.82) is 0 Å². The van der Waals surface area contributed by atoms with Crippen LogP contribution in [0, 0.1) is 5.92 Å². The van der Waals surface area contributed by atoms with Crippen LogP contribution in [0.5, 0.6) is 0 Å². The van der Waals surface area contributed by atoms with Gasteiger partial charge in [-0.1, -0.05) is 0 Å². The fourth-order valence-corrected chi connectivity index (χ4v) is 2.20. The molecular weight excluding hydrogens is 204 g/mol. The topological polar surface area (TPSA) is 52.6 Å². The molecule has 1 fully saturated rings. The number of rotatable bonds is 3. The molecule has 0 saturated carbocycles. The maximum atomic E-state index is 11.1. The minimum atomic E-state index is -0.804. The maximum Gasteiger partial charge on any atom is 0.407 e. The number of piperidine rings is 1. The molecule has 1 rings (SSSR count). The fraction of sp³-hybridized carbons (Fsp3) is 0.917. The summed E-state index contributed by atoms with van der Waals surface area (Å²) < 4.78 is 0. The first kappa shape index (κ1) is 13.3. The third-order valence-electron chi connectivity index (χ3n) is 3.26. The Morgan fingerprint density at radius 2 is 1.94 bits per heavy atom. The van der Waals surface area contributed by atoms with E-state index in [-0.39, 0.29) is 5.54 Å². The highest BCUT2D eigenvalue weighted by molar-refractivity contribution is 5.65. The van der Waals surface area contributed by atoms with E-state index in [0.29, 0.717) is 12.5 Å². The lowest BCUT2D eigenvalue weighted by Gasteiger charge is -2.34. The molecule has 16 heavy (non-hydrogen) atoms. The summed E-state index contributed by atoms with van der Waals surface area (Å²) in [7, 11) is 0. The Hall–Kier alpha value is -0.770. The Morgan fingerprint density at radius 3 is 2.38 bits per heavy atom. The Kier molecular flexibility index (Phi) is 4.59. The molecule has 1 aliphatic rings. The van der Waals surface area contributed by atoms with Gasteiger partial charge in [0.25, 0.3) is 0 Å². The van der Waals surface area contributed by atoms with Crippen molar-refractivity contribution in [3.63, 3.8) is 0 Å². The molecule has 1 saturated heterocycles. The molecule has 4 heteroatoms. The molecule has 0 atom stereocenters. The average molecular weight is 228 g/mol. The second kappa shape index (κ2) is 5.53. The largest absolute Gasteiger partial charge is 0.465 e. The quantitative estimate of drug-likeness (QED) is 0.778. The SMILES string of the molecule is CC(C)(C)N(CCC1CCNCC1)C(=O)O. The summed E-state index contributed by atoms with van der Waals surface area (Å²) in [6.07, 6.45) is 2.54. The molecule has 0 aromatic heterocycles. The van der Waals surface area contributed by atoms with Crippen LogP contribution in [0.4, 0.5) is 4.79 Å². The molecule has 0 unspecified atom stereocenters. The summed E-state index contributed by atoms with van der Waals surface area (Å²) in [4.78, 5) is 12.7. The summed E-state index contributed by atoms with van der Waals surface area (Å²) in [5.41, 5.74) is -0.293. The second-order valence-electron chi connectivity index (χ2n) is 5.59. The summed E-state index contributed by atoms with van der Waals surface area (Å²) in [5, 5.41) is 12.5. The van der Waals surface area contributed by atoms with Gasteiger partial charge in [-0.3, -0.25) is 0 Å². The highest BCUT2D eigenvalue weighted by Gasteiger charge is 2.26. The molecule has 1 heterocycles. The van der Waals surface area contributed by atoms with Crippen molar-refractivity contribution in [1.82, 2.24) is 10.2 Å². The molecular formula is C12H24N2O2. The standard InChI is InChI=1S/C12H24N2O2/c1-12(2,3)14(11(15)16)9-6-10-4-7-13-8-5-10/h10,13H,4-9H2,1-3H3,(H,15,16). The number of hydrogen-bond acceptors (Lipinski definition) is 2. The van der Waals surface area contributed by atoms with Crippen LogP contribution in [0.2, 0.25) is 0 Å². The van der Waals surface area contributed by atoms with Gasteiger partial charge < -0.3 is 15.3 Å². The predicted molar refractivity (Wildman–Crippen MR) is 64.7 cm³/mol. The molecule has 4 nitrogen and oxygen atoms in total. The van der Waals surface area contributed by atoms with E-state index in [4.69, 9.17) is 5.11 Å². The summed E-state index contributed by atoms with van der Waals surface area (Å²) >= 11 is 0. The first-order valence-electron chi connectivity index (χ1n) is 6.12. The van der Waals surface area contributed by atoms with Crippen molar-refractivity contribution in [2.45, 2.75) is 45.6 Å². The van der Waals surface area contributed by atoms with Gasteiger partial charge in [0.05, 0.1) is 0 Å². The highest BCUT2D eigenvalue weighted by atomic mass is 16.4. The van der Waals surface area contributed by atoms with Crippen LogP contribution in [0.3, 0.4) is 0 Å². The molecule has 0 radical (unpaired) electrons. The van der Waals surface area contributed by atoms with Crippen molar-refractivity contribution in [3.8, 4) is 0 Å². The normalized spacial score (nSPS) is 18.4. The van der Waals surface area contributed by atoms with Crippen LogP contribution in [0.1, 0.15) is 40.0 Å². The van der Waals surface area contributed by atoms with Crippen LogP contribution < -0.4 is 5.32 Å². The average Bonchev–Trinajstić information content (AvgIpc) is 2.17. The van der Waals surface area contributed by atoms with Gasteiger partial charge in [0.2, 0.25) is 0 Å². The van der Waals surface area contributed by atoms with E-state index in [1.807, 2.05) is 20.8 Å². The number of nitrogens with zero attached hydrogens (tertiary/aromatic N) is 1. The molecule has 94 valence electrons. The molecule has 0 spiro atoms. The Balaban J connectivity index is 2.40. The monoisotopic (exact) mass is 228 g/mol. The van der Waals surface area contributed by atoms with Crippen LogP contribution in [0.15, 0.2) is 0 Å². The van der Waals surface area contributed by atoms with E-state index >= 15 is 0 Å². The van der Waals surface area contributed by atoms with Gasteiger partial charge in [-0.15, -0.1) is 0 Å². The van der Waals surface area contributed by atoms with Crippen LogP contribution >= 0.6 is 0 Å². The molecule has 1 amide bonds. The number of nitrogens with one attached hydrogen (secondary N) is 1. The summed E-state index contributed by atoms with van der Waals surface area (Å²) in [6.45, 7) is 8.65. The maximum absolute atomic E-state index is 11.1. The number of hydrogen-bond donors (Lipinski definition) is 2. The third-order valence-corrected chi connectivity index (χ3v) is 3.26. The zero-order chi connectivity index (χ0) is 12.2. The number of amides is 1. The Bertz CT molecular complexity index is 230. The molecule has 0 aromatic carbocycles. The van der Waals surface area contributed by atoms with E-state index in [2.05, 4.69) is 5.32 Å². The van der Waals surface area contributed by atoms with Crippen LogP contribution in [-0.2, 0) is 0 Å². The Labute approximate surface area is 98.0 Å². The summed E-state index contributed by atoms with van der Waals surface area (Å²) in [5.74, 6) is 0.686. The van der Waals surface area contributed by atoms with Gasteiger partial charge in [-0.2, -0.15) is 0 Å². The van der Waals surface area contributed by atoms with Gasteiger partial charge in [-0.25, -0.2) is 4.79 Å². The minimum absolute atomic E-state index is 0.293. The molecule has 2 N–H and O–H groups in total. The van der Waals surface area contributed by atoms with Crippen molar-refractivity contribution >= 4 is 6.09 Å². The zero-order valence-corrected chi connectivity index (χ0v) is 10.6. The minimum Gasteiger partial charge on any atom is -0.465 e. The van der Waals surface area contributed by atoms with E-state index in [1.165, 1.54) is 12.8 Å². The predicted octanol–water partition coefficient (Wildman–Crippen LogP) is 2.15. The number of carboxylic acid groups (broad SMARTS) is 1. The second-order valence-corrected chi connectivity index (χ2v) is 5.59. The highest BCUT2D eigenvalue weighted by Crippen LogP contribution is 2.20. The summed E-state index contributed by atoms with van der Waals surface area (Å²) in [6, 6.07) is 0. The van der Waals surface area contributed by atoms with Gasteiger partial charge in [0, 0.05) is 12.1 Å². The Morgan fingerprint density at radius 1 is 1.38 bits per heavy atom. The zero-order valence-electron chi connectivity index (χ0n) is 10.6. The fourth-order valence-electron chi connectivity index (χ4n) is 2.20. The lowest BCUT2D eigenvalue weighted by Crippen LogP contribution is -2.46. The third kappa shape index (κ3) is 4.00. The van der Waals surface area contributed by atoms with Gasteiger partial charge in [0.15, 0.2) is 0 Å².